The number of benzene rings is 1. The number of carbonyl (C=O) groups is 2. The van der Waals surface area contributed by atoms with Crippen LogP contribution < -0.4 is 14.8 Å². The number of hydrogen-bond donors (Lipinski definition) is 1. The second-order valence-corrected chi connectivity index (χ2v) is 10.1. The SMILES string of the molecule is COc1cc(OC)nc(NC(=O)COC(=O)c2ccc(S(=O)(=O)N3CC(C)CC(C)C3)cc2)n1. The molecule has 12 heteroatoms. The summed E-state index contributed by atoms with van der Waals surface area (Å²) in [6, 6.07) is 6.89. The van der Waals surface area contributed by atoms with Crippen molar-refractivity contribution in [1.82, 2.24) is 14.3 Å². The van der Waals surface area contributed by atoms with Crippen molar-refractivity contribution in [3.8, 4) is 11.8 Å². The van der Waals surface area contributed by atoms with Gasteiger partial charge in [0.15, 0.2) is 6.61 Å². The van der Waals surface area contributed by atoms with E-state index in [1.807, 2.05) is 13.8 Å². The maximum absolute atomic E-state index is 13.0. The number of aromatic nitrogens is 2. The topological polar surface area (TPSA) is 137 Å². The number of carbonyl (C=O) groups excluding carboxylic acids is 2. The average molecular weight is 493 g/mol. The van der Waals surface area contributed by atoms with Crippen LogP contribution in [0.4, 0.5) is 5.95 Å². The van der Waals surface area contributed by atoms with Crippen molar-refractivity contribution in [2.45, 2.75) is 25.2 Å². The van der Waals surface area contributed by atoms with E-state index in [4.69, 9.17) is 14.2 Å². The van der Waals surface area contributed by atoms with E-state index in [2.05, 4.69) is 15.3 Å². The van der Waals surface area contributed by atoms with E-state index in [1.54, 1.807) is 0 Å². The molecule has 1 amide bonds. The van der Waals surface area contributed by atoms with Crippen molar-refractivity contribution in [3.05, 3.63) is 35.9 Å². The first kappa shape index (κ1) is 25.4. The van der Waals surface area contributed by atoms with Gasteiger partial charge in [-0.3, -0.25) is 10.1 Å². The third kappa shape index (κ3) is 6.20. The highest BCUT2D eigenvalue weighted by Gasteiger charge is 2.31. The Bertz CT molecular complexity index is 1110. The Morgan fingerprint density at radius 3 is 2.12 bits per heavy atom. The predicted molar refractivity (Wildman–Crippen MR) is 122 cm³/mol. The third-order valence-corrected chi connectivity index (χ3v) is 7.09. The van der Waals surface area contributed by atoms with Gasteiger partial charge >= 0.3 is 5.97 Å². The van der Waals surface area contributed by atoms with Crippen LogP contribution in [0.1, 0.15) is 30.6 Å². The van der Waals surface area contributed by atoms with Crippen LogP contribution in [0, 0.1) is 11.8 Å². The number of amides is 1. The van der Waals surface area contributed by atoms with Crippen LogP contribution in [0.25, 0.3) is 0 Å². The largest absolute Gasteiger partial charge is 0.481 e. The summed E-state index contributed by atoms with van der Waals surface area (Å²) in [5, 5.41) is 2.39. The normalized spacial score (nSPS) is 18.7. The van der Waals surface area contributed by atoms with Crippen molar-refractivity contribution in [2.24, 2.45) is 11.8 Å². The number of anilines is 1. The van der Waals surface area contributed by atoms with Gasteiger partial charge in [0.05, 0.1) is 30.7 Å². The van der Waals surface area contributed by atoms with Gasteiger partial charge in [-0.1, -0.05) is 13.8 Å². The van der Waals surface area contributed by atoms with Gasteiger partial charge in [0.25, 0.3) is 5.91 Å². The first-order chi connectivity index (χ1) is 16.1. The van der Waals surface area contributed by atoms with Gasteiger partial charge in [0.2, 0.25) is 27.7 Å². The maximum Gasteiger partial charge on any atom is 0.338 e. The van der Waals surface area contributed by atoms with Crippen LogP contribution in [-0.4, -0.2) is 68.5 Å². The van der Waals surface area contributed by atoms with Gasteiger partial charge in [0, 0.05) is 13.1 Å². The molecular weight excluding hydrogens is 464 g/mol. The molecule has 0 spiro atoms. The van der Waals surface area contributed by atoms with E-state index < -0.39 is 28.5 Å². The van der Waals surface area contributed by atoms with Gasteiger partial charge < -0.3 is 14.2 Å². The maximum atomic E-state index is 13.0. The number of hydrogen-bond acceptors (Lipinski definition) is 9. The molecule has 1 fully saturated rings. The summed E-state index contributed by atoms with van der Waals surface area (Å²) in [4.78, 5) is 32.5. The van der Waals surface area contributed by atoms with Gasteiger partial charge in [-0.15, -0.1) is 0 Å². The summed E-state index contributed by atoms with van der Waals surface area (Å²) in [6.45, 7) is 4.41. The molecule has 1 saturated heterocycles. The van der Waals surface area contributed by atoms with Crippen molar-refractivity contribution in [3.63, 3.8) is 0 Å². The van der Waals surface area contributed by atoms with Crippen LogP contribution in [0.15, 0.2) is 35.2 Å². The fourth-order valence-corrected chi connectivity index (χ4v) is 5.44. The second kappa shape index (κ2) is 10.8. The fraction of sp³-hybridized carbons (Fsp3) is 0.455. The third-order valence-electron chi connectivity index (χ3n) is 5.25. The molecule has 1 aromatic heterocycles. The van der Waals surface area contributed by atoms with E-state index in [9.17, 15) is 18.0 Å². The Labute approximate surface area is 198 Å². The number of rotatable bonds is 8. The van der Waals surface area contributed by atoms with Crippen molar-refractivity contribution >= 4 is 27.8 Å². The lowest BCUT2D eigenvalue weighted by Gasteiger charge is -2.34. The Morgan fingerprint density at radius 2 is 1.59 bits per heavy atom. The highest BCUT2D eigenvalue weighted by atomic mass is 32.2. The summed E-state index contributed by atoms with van der Waals surface area (Å²) in [7, 11) is -0.855. The molecule has 2 atom stereocenters. The van der Waals surface area contributed by atoms with Crippen LogP contribution in [-0.2, 0) is 19.6 Å². The Hall–Kier alpha value is -3.25. The van der Waals surface area contributed by atoms with E-state index in [-0.39, 0.29) is 40.0 Å². The van der Waals surface area contributed by atoms with E-state index in [0.717, 1.165) is 6.42 Å². The molecule has 0 aliphatic carbocycles. The molecule has 11 nitrogen and oxygen atoms in total. The second-order valence-electron chi connectivity index (χ2n) is 8.19. The van der Waals surface area contributed by atoms with Crippen LogP contribution in [0.3, 0.4) is 0 Å². The zero-order valence-corrected chi connectivity index (χ0v) is 20.3. The number of sulfonamides is 1. The van der Waals surface area contributed by atoms with Gasteiger partial charge in [-0.2, -0.15) is 14.3 Å². The number of ether oxygens (including phenoxy) is 3. The highest BCUT2D eigenvalue weighted by Crippen LogP contribution is 2.27. The van der Waals surface area contributed by atoms with Crippen molar-refractivity contribution < 1.29 is 32.2 Å². The Balaban J connectivity index is 1.59. The summed E-state index contributed by atoms with van der Waals surface area (Å²) in [6.07, 6.45) is 0.988. The summed E-state index contributed by atoms with van der Waals surface area (Å²) in [5.74, 6) is -0.595. The lowest BCUT2D eigenvalue weighted by atomic mass is 9.94. The highest BCUT2D eigenvalue weighted by molar-refractivity contribution is 7.89. The Kier molecular flexibility index (Phi) is 8.05. The summed E-state index contributed by atoms with van der Waals surface area (Å²) >= 11 is 0. The number of nitrogens with one attached hydrogen (secondary N) is 1. The molecule has 1 aromatic carbocycles. The molecule has 0 bridgehead atoms. The molecule has 0 radical (unpaired) electrons. The molecule has 3 rings (SSSR count). The smallest absolute Gasteiger partial charge is 0.338 e. The van der Waals surface area contributed by atoms with E-state index in [0.29, 0.717) is 13.1 Å². The molecule has 2 heterocycles. The van der Waals surface area contributed by atoms with Crippen LogP contribution in [0.5, 0.6) is 11.8 Å². The minimum Gasteiger partial charge on any atom is -0.481 e. The minimum absolute atomic E-state index is 0.0758. The zero-order chi connectivity index (χ0) is 24.9. The number of piperidine rings is 1. The molecule has 2 unspecified atom stereocenters. The standard InChI is InChI=1S/C22H28N4O7S/c1-14-9-15(2)12-26(11-14)34(29,30)17-7-5-16(6-8-17)21(28)33-13-18(27)23-22-24-19(31-3)10-20(25-22)32-4/h5-8,10,14-15H,9,11-13H2,1-4H3,(H,23,24,25,27). The molecular formula is C22H28N4O7S. The molecule has 34 heavy (non-hydrogen) atoms. The summed E-state index contributed by atoms with van der Waals surface area (Å²) in [5.41, 5.74) is 0.117. The lowest BCUT2D eigenvalue weighted by Crippen LogP contribution is -2.42. The molecule has 184 valence electrons. The monoisotopic (exact) mass is 492 g/mol. The summed E-state index contributed by atoms with van der Waals surface area (Å²) < 4.78 is 42.4. The number of methoxy groups -OCH3 is 2. The molecule has 1 aliphatic rings. The predicted octanol–water partition coefficient (Wildman–Crippen LogP) is 1.96. The van der Waals surface area contributed by atoms with Crippen LogP contribution >= 0.6 is 0 Å². The zero-order valence-electron chi connectivity index (χ0n) is 19.5. The molecule has 2 aromatic rings. The minimum atomic E-state index is -3.66. The number of nitrogens with zero attached hydrogens (tertiary/aromatic N) is 3. The van der Waals surface area contributed by atoms with Crippen molar-refractivity contribution in [1.29, 1.82) is 0 Å². The molecule has 1 aliphatic heterocycles. The molecule has 1 N–H and O–H groups in total. The van der Waals surface area contributed by atoms with Gasteiger partial charge in [-0.05, 0) is 42.5 Å². The molecule has 0 saturated carbocycles. The average Bonchev–Trinajstić information content (AvgIpc) is 2.81. The van der Waals surface area contributed by atoms with E-state index >= 15 is 0 Å². The Morgan fingerprint density at radius 1 is 1.03 bits per heavy atom. The first-order valence-corrected chi connectivity index (χ1v) is 12.1. The lowest BCUT2D eigenvalue weighted by molar-refractivity contribution is -0.119. The van der Waals surface area contributed by atoms with Crippen LogP contribution in [0.2, 0.25) is 0 Å². The quantitative estimate of drug-likeness (QED) is 0.548. The van der Waals surface area contributed by atoms with Gasteiger partial charge in [0.1, 0.15) is 0 Å². The van der Waals surface area contributed by atoms with E-state index in [1.165, 1.54) is 48.9 Å². The van der Waals surface area contributed by atoms with Gasteiger partial charge in [-0.25, -0.2) is 13.2 Å². The number of esters is 1. The fourth-order valence-electron chi connectivity index (χ4n) is 3.76. The first-order valence-electron chi connectivity index (χ1n) is 10.7. The van der Waals surface area contributed by atoms with Crippen molar-refractivity contribution in [2.75, 3.05) is 39.2 Å².